The van der Waals surface area contributed by atoms with Gasteiger partial charge in [-0.15, -0.1) is 0 Å². The third-order valence-electron chi connectivity index (χ3n) is 1.92. The Labute approximate surface area is 86.3 Å². The minimum absolute atomic E-state index is 0.00248. The lowest BCUT2D eigenvalue weighted by Gasteiger charge is -2.11. The molecule has 0 N–H and O–H groups in total. The van der Waals surface area contributed by atoms with Crippen LogP contribution in [0.3, 0.4) is 0 Å². The van der Waals surface area contributed by atoms with Gasteiger partial charge in [-0.1, -0.05) is 15.9 Å². The molecule has 0 bridgehead atoms. The molecule has 3 heteroatoms. The van der Waals surface area contributed by atoms with Crippen LogP contribution in [-0.4, -0.2) is 7.11 Å². The average molecular weight is 240 g/mol. The Kier molecular flexibility index (Phi) is 3.47. The highest BCUT2D eigenvalue weighted by atomic mass is 79.9. The Morgan fingerprint density at radius 3 is 2.77 bits per heavy atom. The van der Waals surface area contributed by atoms with Gasteiger partial charge >= 0.3 is 0 Å². The van der Waals surface area contributed by atoms with Gasteiger partial charge in [-0.25, -0.2) is 0 Å². The van der Waals surface area contributed by atoms with Crippen molar-refractivity contribution in [2.45, 2.75) is 13.0 Å². The van der Waals surface area contributed by atoms with Crippen molar-refractivity contribution < 1.29 is 4.74 Å². The molecule has 0 aliphatic rings. The van der Waals surface area contributed by atoms with Crippen LogP contribution in [0.2, 0.25) is 0 Å². The highest BCUT2D eigenvalue weighted by Gasteiger charge is 2.08. The van der Waals surface area contributed by atoms with Crippen molar-refractivity contribution in [1.29, 1.82) is 5.26 Å². The third-order valence-corrected chi connectivity index (χ3v) is 2.64. The minimum atomic E-state index is 0.00248. The van der Waals surface area contributed by atoms with Crippen LogP contribution in [0, 0.1) is 11.3 Å². The highest BCUT2D eigenvalue weighted by molar-refractivity contribution is 9.10. The molecule has 13 heavy (non-hydrogen) atoms. The molecular weight excluding hydrogens is 230 g/mol. The second-order valence-corrected chi connectivity index (χ2v) is 3.58. The molecule has 1 aromatic carbocycles. The monoisotopic (exact) mass is 239 g/mol. The van der Waals surface area contributed by atoms with Crippen molar-refractivity contribution in [2.24, 2.45) is 0 Å². The van der Waals surface area contributed by atoms with Crippen LogP contribution in [0.4, 0.5) is 0 Å². The number of ether oxygens (including phenoxy) is 1. The van der Waals surface area contributed by atoms with E-state index in [0.29, 0.717) is 5.56 Å². The molecule has 0 aliphatic carbocycles. The summed E-state index contributed by atoms with van der Waals surface area (Å²) in [4.78, 5) is 0. The molecule has 0 heterocycles. The van der Waals surface area contributed by atoms with Crippen molar-refractivity contribution in [3.05, 3.63) is 33.8 Å². The maximum Gasteiger partial charge on any atom is 0.0991 e. The molecule has 0 amide bonds. The van der Waals surface area contributed by atoms with Gasteiger partial charge in [0.15, 0.2) is 0 Å². The van der Waals surface area contributed by atoms with Crippen molar-refractivity contribution in [3.63, 3.8) is 0 Å². The largest absolute Gasteiger partial charge is 0.377 e. The fraction of sp³-hybridized carbons (Fsp3) is 0.300. The van der Waals surface area contributed by atoms with Gasteiger partial charge in [0.25, 0.3) is 0 Å². The van der Waals surface area contributed by atoms with E-state index >= 15 is 0 Å². The van der Waals surface area contributed by atoms with E-state index in [1.807, 2.05) is 19.1 Å². The Balaban J connectivity index is 3.12. The second kappa shape index (κ2) is 4.40. The number of hydrogen-bond donors (Lipinski definition) is 0. The second-order valence-electron chi connectivity index (χ2n) is 2.73. The molecule has 0 aromatic heterocycles. The first-order chi connectivity index (χ1) is 6.19. The van der Waals surface area contributed by atoms with Gasteiger partial charge in [-0.3, -0.25) is 0 Å². The number of nitrogens with zero attached hydrogens (tertiary/aromatic N) is 1. The summed E-state index contributed by atoms with van der Waals surface area (Å²) in [6.07, 6.45) is 0.00248. The fourth-order valence-electron chi connectivity index (χ4n) is 1.05. The maximum atomic E-state index is 8.70. The summed E-state index contributed by atoms with van der Waals surface area (Å²) in [6, 6.07) is 7.57. The van der Waals surface area contributed by atoms with Crippen LogP contribution in [0.15, 0.2) is 22.7 Å². The number of benzene rings is 1. The lowest BCUT2D eigenvalue weighted by atomic mass is 10.1. The normalized spacial score (nSPS) is 12.2. The van der Waals surface area contributed by atoms with E-state index in [1.165, 1.54) is 0 Å². The van der Waals surface area contributed by atoms with Crippen LogP contribution in [-0.2, 0) is 4.74 Å². The van der Waals surface area contributed by atoms with Gasteiger partial charge in [-0.05, 0) is 30.7 Å². The Bertz CT molecular complexity index is 343. The predicted octanol–water partition coefficient (Wildman–Crippen LogP) is 3.03. The molecule has 0 saturated heterocycles. The molecule has 0 radical (unpaired) electrons. The van der Waals surface area contributed by atoms with Crippen molar-refractivity contribution in [2.75, 3.05) is 7.11 Å². The summed E-state index contributed by atoms with van der Waals surface area (Å²) in [5, 5.41) is 8.70. The molecule has 0 aliphatic heterocycles. The van der Waals surface area contributed by atoms with Gasteiger partial charge in [-0.2, -0.15) is 5.26 Å². The van der Waals surface area contributed by atoms with Crippen LogP contribution in [0.25, 0.3) is 0 Å². The first-order valence-electron chi connectivity index (χ1n) is 3.91. The molecule has 68 valence electrons. The van der Waals surface area contributed by atoms with Crippen molar-refractivity contribution in [1.82, 2.24) is 0 Å². The summed E-state index contributed by atoms with van der Waals surface area (Å²) >= 11 is 3.41. The number of halogens is 1. The molecule has 0 spiro atoms. The lowest BCUT2D eigenvalue weighted by molar-refractivity contribution is 0.119. The van der Waals surface area contributed by atoms with Gasteiger partial charge in [0.05, 0.1) is 17.7 Å². The molecular formula is C10H10BrNO. The standard InChI is InChI=1S/C10H10BrNO/c1-7(13-2)9-5-8(6-12)3-4-10(9)11/h3-5,7H,1-2H3. The SMILES string of the molecule is COC(C)c1cc(C#N)ccc1Br. The van der Waals surface area contributed by atoms with Crippen LogP contribution in [0.1, 0.15) is 24.2 Å². The molecule has 1 unspecified atom stereocenters. The molecule has 0 fully saturated rings. The third kappa shape index (κ3) is 2.30. The molecule has 1 atom stereocenters. The zero-order chi connectivity index (χ0) is 9.84. The fourth-order valence-corrected chi connectivity index (χ4v) is 1.62. The van der Waals surface area contributed by atoms with Gasteiger partial charge < -0.3 is 4.74 Å². The summed E-state index contributed by atoms with van der Waals surface area (Å²) in [5.74, 6) is 0. The number of hydrogen-bond acceptors (Lipinski definition) is 2. The van der Waals surface area contributed by atoms with E-state index in [4.69, 9.17) is 10.00 Å². The summed E-state index contributed by atoms with van der Waals surface area (Å²) in [5.41, 5.74) is 1.66. The van der Waals surface area contributed by atoms with Crippen LogP contribution >= 0.6 is 15.9 Å². The van der Waals surface area contributed by atoms with E-state index in [2.05, 4.69) is 22.0 Å². The zero-order valence-electron chi connectivity index (χ0n) is 7.54. The van der Waals surface area contributed by atoms with Gasteiger partial charge in [0.1, 0.15) is 0 Å². The van der Waals surface area contributed by atoms with Gasteiger partial charge in [0.2, 0.25) is 0 Å². The first-order valence-corrected chi connectivity index (χ1v) is 4.70. The van der Waals surface area contributed by atoms with Crippen LogP contribution in [0.5, 0.6) is 0 Å². The van der Waals surface area contributed by atoms with E-state index in [0.717, 1.165) is 10.0 Å². The first kappa shape index (κ1) is 10.2. The highest BCUT2D eigenvalue weighted by Crippen LogP contribution is 2.26. The summed E-state index contributed by atoms with van der Waals surface area (Å²) < 4.78 is 6.15. The smallest absolute Gasteiger partial charge is 0.0991 e. The number of methoxy groups -OCH3 is 1. The lowest BCUT2D eigenvalue weighted by Crippen LogP contribution is -1.97. The van der Waals surface area contributed by atoms with Crippen LogP contribution < -0.4 is 0 Å². The minimum Gasteiger partial charge on any atom is -0.377 e. The average Bonchev–Trinajstić information content (AvgIpc) is 2.17. The zero-order valence-corrected chi connectivity index (χ0v) is 9.13. The summed E-state index contributed by atoms with van der Waals surface area (Å²) in [7, 11) is 1.65. The molecule has 1 rings (SSSR count). The predicted molar refractivity (Wildman–Crippen MR) is 54.3 cm³/mol. The van der Waals surface area contributed by atoms with E-state index < -0.39 is 0 Å². The number of rotatable bonds is 2. The van der Waals surface area contributed by atoms with Gasteiger partial charge in [0, 0.05) is 11.6 Å². The van der Waals surface area contributed by atoms with Crippen molar-refractivity contribution >= 4 is 15.9 Å². The topological polar surface area (TPSA) is 33.0 Å². The summed E-state index contributed by atoms with van der Waals surface area (Å²) in [6.45, 7) is 1.95. The van der Waals surface area contributed by atoms with E-state index in [1.54, 1.807) is 13.2 Å². The Morgan fingerprint density at radius 1 is 1.54 bits per heavy atom. The molecule has 2 nitrogen and oxygen atoms in total. The molecule has 0 saturated carbocycles. The molecule has 1 aromatic rings. The number of nitriles is 1. The van der Waals surface area contributed by atoms with Crippen molar-refractivity contribution in [3.8, 4) is 6.07 Å². The Hall–Kier alpha value is -0.850. The Morgan fingerprint density at radius 2 is 2.23 bits per heavy atom. The quantitative estimate of drug-likeness (QED) is 0.795. The van der Waals surface area contributed by atoms with E-state index in [-0.39, 0.29) is 6.10 Å². The maximum absolute atomic E-state index is 8.70. The van der Waals surface area contributed by atoms with E-state index in [9.17, 15) is 0 Å².